The van der Waals surface area contributed by atoms with E-state index < -0.39 is 0 Å². The minimum absolute atomic E-state index is 0.544. The fourth-order valence-electron chi connectivity index (χ4n) is 2.27. The summed E-state index contributed by atoms with van der Waals surface area (Å²) in [6.07, 6.45) is 1.23. The van der Waals surface area contributed by atoms with Crippen LogP contribution in [0.4, 0.5) is 5.82 Å². The van der Waals surface area contributed by atoms with Crippen LogP contribution in [0.2, 0.25) is 0 Å². The molecular formula is C12H20N4. The van der Waals surface area contributed by atoms with E-state index in [0.29, 0.717) is 6.54 Å². The van der Waals surface area contributed by atoms with Crippen molar-refractivity contribution in [2.24, 2.45) is 11.7 Å². The number of nitrogens with two attached hydrogens (primary N) is 1. The Labute approximate surface area is 96.9 Å². The molecule has 2 N–H and O–H groups in total. The molecule has 0 saturated carbocycles. The zero-order valence-electron chi connectivity index (χ0n) is 10.3. The molecule has 0 aliphatic carbocycles. The Hall–Kier alpha value is -1.16. The highest BCUT2D eigenvalue weighted by Gasteiger charge is 2.23. The van der Waals surface area contributed by atoms with Crippen molar-refractivity contribution < 1.29 is 0 Å². The van der Waals surface area contributed by atoms with Crippen molar-refractivity contribution in [3.05, 3.63) is 16.8 Å². The number of hydrogen-bond donors (Lipinski definition) is 1. The highest BCUT2D eigenvalue weighted by molar-refractivity contribution is 5.51. The average molecular weight is 220 g/mol. The standard InChI is InChI=1S/C12H20N4/c1-8-4-5-16(7-8)12-11(6-13)9(2)10(3)14-15-12/h8H,4-7,13H2,1-3H3. The largest absolute Gasteiger partial charge is 0.355 e. The van der Waals surface area contributed by atoms with E-state index in [1.807, 2.05) is 6.92 Å². The molecule has 88 valence electrons. The Bertz CT molecular complexity index is 389. The molecule has 4 heteroatoms. The molecule has 1 aliphatic heterocycles. The van der Waals surface area contributed by atoms with Crippen LogP contribution >= 0.6 is 0 Å². The predicted octanol–water partition coefficient (Wildman–Crippen LogP) is 1.40. The summed E-state index contributed by atoms with van der Waals surface area (Å²) in [6, 6.07) is 0. The van der Waals surface area contributed by atoms with Gasteiger partial charge in [-0.05, 0) is 31.7 Å². The van der Waals surface area contributed by atoms with E-state index in [-0.39, 0.29) is 0 Å². The molecule has 0 amide bonds. The van der Waals surface area contributed by atoms with Crippen LogP contribution in [0.25, 0.3) is 0 Å². The molecule has 1 atom stereocenters. The molecule has 0 bridgehead atoms. The first-order valence-corrected chi connectivity index (χ1v) is 5.91. The molecule has 1 aliphatic rings. The van der Waals surface area contributed by atoms with Gasteiger partial charge in [-0.15, -0.1) is 5.10 Å². The lowest BCUT2D eigenvalue weighted by Crippen LogP contribution is -2.24. The first-order valence-electron chi connectivity index (χ1n) is 5.91. The third kappa shape index (κ3) is 1.89. The van der Waals surface area contributed by atoms with E-state index in [1.165, 1.54) is 12.0 Å². The smallest absolute Gasteiger partial charge is 0.156 e. The van der Waals surface area contributed by atoms with Crippen LogP contribution in [-0.4, -0.2) is 23.3 Å². The molecule has 2 rings (SSSR count). The van der Waals surface area contributed by atoms with Gasteiger partial charge in [-0.3, -0.25) is 0 Å². The second-order valence-electron chi connectivity index (χ2n) is 4.76. The van der Waals surface area contributed by atoms with Crippen LogP contribution < -0.4 is 10.6 Å². The second-order valence-corrected chi connectivity index (χ2v) is 4.76. The van der Waals surface area contributed by atoms with Crippen molar-refractivity contribution in [2.75, 3.05) is 18.0 Å². The second kappa shape index (κ2) is 4.37. The van der Waals surface area contributed by atoms with Gasteiger partial charge in [0.05, 0.1) is 5.69 Å². The normalized spacial score (nSPS) is 20.5. The first-order chi connectivity index (χ1) is 7.63. The van der Waals surface area contributed by atoms with E-state index in [9.17, 15) is 0 Å². The summed E-state index contributed by atoms with van der Waals surface area (Å²) in [5.41, 5.74) is 9.15. The van der Waals surface area contributed by atoms with Crippen molar-refractivity contribution in [1.82, 2.24) is 10.2 Å². The monoisotopic (exact) mass is 220 g/mol. The lowest BCUT2D eigenvalue weighted by molar-refractivity contribution is 0.658. The van der Waals surface area contributed by atoms with E-state index in [4.69, 9.17) is 5.73 Å². The Balaban J connectivity index is 2.37. The summed E-state index contributed by atoms with van der Waals surface area (Å²) >= 11 is 0. The number of anilines is 1. The van der Waals surface area contributed by atoms with Crippen LogP contribution in [0, 0.1) is 19.8 Å². The molecule has 1 fully saturated rings. The molecule has 0 spiro atoms. The molecule has 1 aromatic rings. The quantitative estimate of drug-likeness (QED) is 0.818. The van der Waals surface area contributed by atoms with Crippen LogP contribution in [0.15, 0.2) is 0 Å². The number of aromatic nitrogens is 2. The molecular weight excluding hydrogens is 200 g/mol. The van der Waals surface area contributed by atoms with Gasteiger partial charge in [0.15, 0.2) is 5.82 Å². The summed E-state index contributed by atoms with van der Waals surface area (Å²) in [7, 11) is 0. The number of hydrogen-bond acceptors (Lipinski definition) is 4. The van der Waals surface area contributed by atoms with Gasteiger partial charge in [-0.1, -0.05) is 6.92 Å². The van der Waals surface area contributed by atoms with Crippen molar-refractivity contribution in [3.8, 4) is 0 Å². The van der Waals surface area contributed by atoms with Crippen molar-refractivity contribution >= 4 is 5.82 Å². The van der Waals surface area contributed by atoms with Crippen LogP contribution in [0.5, 0.6) is 0 Å². The highest BCUT2D eigenvalue weighted by atomic mass is 15.3. The zero-order valence-corrected chi connectivity index (χ0v) is 10.3. The summed E-state index contributed by atoms with van der Waals surface area (Å²) in [5.74, 6) is 1.74. The van der Waals surface area contributed by atoms with Gasteiger partial charge >= 0.3 is 0 Å². The number of rotatable bonds is 2. The zero-order chi connectivity index (χ0) is 11.7. The summed E-state index contributed by atoms with van der Waals surface area (Å²) < 4.78 is 0. The molecule has 1 unspecified atom stereocenters. The maximum atomic E-state index is 5.83. The van der Waals surface area contributed by atoms with E-state index in [2.05, 4.69) is 28.9 Å². The minimum Gasteiger partial charge on any atom is -0.355 e. The van der Waals surface area contributed by atoms with Gasteiger partial charge in [0, 0.05) is 25.2 Å². The summed E-state index contributed by atoms with van der Waals surface area (Å²) in [5, 5.41) is 8.53. The van der Waals surface area contributed by atoms with Crippen LogP contribution in [-0.2, 0) is 6.54 Å². The van der Waals surface area contributed by atoms with E-state index >= 15 is 0 Å². The lowest BCUT2D eigenvalue weighted by Gasteiger charge is -2.21. The Morgan fingerprint density at radius 1 is 1.38 bits per heavy atom. The van der Waals surface area contributed by atoms with Gasteiger partial charge in [-0.2, -0.15) is 5.10 Å². The Morgan fingerprint density at radius 2 is 2.12 bits per heavy atom. The highest BCUT2D eigenvalue weighted by Crippen LogP contribution is 2.26. The molecule has 0 aromatic carbocycles. The Kier molecular flexibility index (Phi) is 3.10. The maximum Gasteiger partial charge on any atom is 0.156 e. The average Bonchev–Trinajstić information content (AvgIpc) is 2.68. The molecule has 1 aromatic heterocycles. The van der Waals surface area contributed by atoms with Gasteiger partial charge in [0.2, 0.25) is 0 Å². The summed E-state index contributed by atoms with van der Waals surface area (Å²) in [6.45, 7) is 9.03. The van der Waals surface area contributed by atoms with E-state index in [0.717, 1.165) is 36.1 Å². The van der Waals surface area contributed by atoms with Gasteiger partial charge < -0.3 is 10.6 Å². The molecule has 0 radical (unpaired) electrons. The SMILES string of the molecule is Cc1nnc(N2CCC(C)C2)c(CN)c1C. The topological polar surface area (TPSA) is 55.0 Å². The fraction of sp³-hybridized carbons (Fsp3) is 0.667. The van der Waals surface area contributed by atoms with Gasteiger partial charge in [0.25, 0.3) is 0 Å². The van der Waals surface area contributed by atoms with Crippen molar-refractivity contribution in [2.45, 2.75) is 33.7 Å². The Morgan fingerprint density at radius 3 is 2.69 bits per heavy atom. The van der Waals surface area contributed by atoms with E-state index in [1.54, 1.807) is 0 Å². The minimum atomic E-state index is 0.544. The van der Waals surface area contributed by atoms with Gasteiger partial charge in [-0.25, -0.2) is 0 Å². The molecule has 4 nitrogen and oxygen atoms in total. The number of nitrogens with zero attached hydrogens (tertiary/aromatic N) is 3. The van der Waals surface area contributed by atoms with Crippen LogP contribution in [0.1, 0.15) is 30.2 Å². The molecule has 16 heavy (non-hydrogen) atoms. The molecule has 2 heterocycles. The van der Waals surface area contributed by atoms with Crippen molar-refractivity contribution in [1.29, 1.82) is 0 Å². The van der Waals surface area contributed by atoms with Crippen LogP contribution in [0.3, 0.4) is 0 Å². The first kappa shape index (κ1) is 11.3. The molecule has 1 saturated heterocycles. The lowest BCUT2D eigenvalue weighted by atomic mass is 10.1. The fourth-order valence-corrected chi connectivity index (χ4v) is 2.27. The number of aryl methyl sites for hydroxylation is 1. The maximum absolute atomic E-state index is 5.83. The third-order valence-electron chi connectivity index (χ3n) is 3.49. The van der Waals surface area contributed by atoms with Crippen molar-refractivity contribution in [3.63, 3.8) is 0 Å². The third-order valence-corrected chi connectivity index (χ3v) is 3.49. The van der Waals surface area contributed by atoms with Gasteiger partial charge in [0.1, 0.15) is 0 Å². The summed E-state index contributed by atoms with van der Waals surface area (Å²) in [4.78, 5) is 2.31. The predicted molar refractivity (Wildman–Crippen MR) is 65.4 cm³/mol.